The first kappa shape index (κ1) is 19.1. The summed E-state index contributed by atoms with van der Waals surface area (Å²) in [6.07, 6.45) is 16.7. The summed E-state index contributed by atoms with van der Waals surface area (Å²) in [6.45, 7) is 10.4. The van der Waals surface area contributed by atoms with Gasteiger partial charge in [-0.25, -0.2) is 0 Å². The van der Waals surface area contributed by atoms with Crippen LogP contribution in [-0.4, -0.2) is 3.92 Å². The smallest absolute Gasteiger partial charge is 0.0113 e. The van der Waals surface area contributed by atoms with Crippen LogP contribution in [0.1, 0.15) is 98.3 Å². The molecule has 0 aromatic rings. The number of hydrogen-bond acceptors (Lipinski definition) is 0. The Bertz CT molecular complexity index is 486. The molecule has 9 atom stereocenters. The Kier molecular flexibility index (Phi) is 5.31. The standard InChI is InChI=1S/C24H41I/c1-5-6-16(2)20-9-10-21-19-8-7-17-15-18(25)11-13-23(17,3)22(19)12-14-24(20,21)4/h16-22H,5-15H2,1-4H3/t16-,17?,18-,19?,20?,21?,22?,23?,24?/m0/s1. The Morgan fingerprint density at radius 1 is 0.920 bits per heavy atom. The van der Waals surface area contributed by atoms with E-state index in [9.17, 15) is 0 Å². The lowest BCUT2D eigenvalue weighted by molar-refractivity contribution is -0.113. The van der Waals surface area contributed by atoms with Crippen LogP contribution in [0, 0.1) is 46.3 Å². The van der Waals surface area contributed by atoms with E-state index in [4.69, 9.17) is 0 Å². The molecule has 0 nitrogen and oxygen atoms in total. The summed E-state index contributed by atoms with van der Waals surface area (Å²) in [5, 5.41) is 0. The summed E-state index contributed by atoms with van der Waals surface area (Å²) in [4.78, 5) is 0. The first-order valence-corrected chi connectivity index (χ1v) is 12.8. The molecule has 4 fully saturated rings. The van der Waals surface area contributed by atoms with E-state index < -0.39 is 0 Å². The quantitative estimate of drug-likeness (QED) is 0.299. The minimum atomic E-state index is 0.680. The third-order valence-electron chi connectivity index (χ3n) is 10.1. The number of halogens is 1. The molecule has 4 aliphatic rings. The van der Waals surface area contributed by atoms with Crippen molar-refractivity contribution in [3.8, 4) is 0 Å². The monoisotopic (exact) mass is 456 g/mol. The Morgan fingerprint density at radius 3 is 2.40 bits per heavy atom. The van der Waals surface area contributed by atoms with E-state index in [1.165, 1.54) is 32.1 Å². The Balaban J connectivity index is 1.56. The summed E-state index contributed by atoms with van der Waals surface area (Å²) in [5.41, 5.74) is 1.37. The molecule has 0 amide bonds. The van der Waals surface area contributed by atoms with Crippen molar-refractivity contribution in [1.29, 1.82) is 0 Å². The third kappa shape index (κ3) is 2.96. The van der Waals surface area contributed by atoms with E-state index in [-0.39, 0.29) is 0 Å². The van der Waals surface area contributed by atoms with Gasteiger partial charge in [0.05, 0.1) is 0 Å². The number of fused-ring (bicyclic) bond motifs is 5. The highest BCUT2D eigenvalue weighted by Gasteiger charge is 2.60. The van der Waals surface area contributed by atoms with Crippen molar-refractivity contribution in [1.82, 2.24) is 0 Å². The molecule has 0 spiro atoms. The summed E-state index contributed by atoms with van der Waals surface area (Å²) in [7, 11) is 0. The second-order valence-corrected chi connectivity index (χ2v) is 12.8. The van der Waals surface area contributed by atoms with Crippen LogP contribution in [0.25, 0.3) is 0 Å². The molecule has 144 valence electrons. The fourth-order valence-corrected chi connectivity index (χ4v) is 9.76. The molecule has 0 aromatic heterocycles. The van der Waals surface area contributed by atoms with Gasteiger partial charge in [0, 0.05) is 3.92 Å². The first-order chi connectivity index (χ1) is 11.9. The minimum absolute atomic E-state index is 0.680. The lowest BCUT2D eigenvalue weighted by Crippen LogP contribution is -2.53. The summed E-state index contributed by atoms with van der Waals surface area (Å²) in [6, 6.07) is 0. The topological polar surface area (TPSA) is 0 Å². The molecule has 4 rings (SSSR count). The number of hydrogen-bond donors (Lipinski definition) is 0. The molecule has 0 N–H and O–H groups in total. The molecule has 4 aliphatic carbocycles. The highest BCUT2D eigenvalue weighted by atomic mass is 127. The predicted octanol–water partition coefficient (Wildman–Crippen LogP) is 7.89. The second kappa shape index (κ2) is 6.96. The van der Waals surface area contributed by atoms with Crippen LogP contribution < -0.4 is 0 Å². The van der Waals surface area contributed by atoms with Gasteiger partial charge in [0.25, 0.3) is 0 Å². The summed E-state index contributed by atoms with van der Waals surface area (Å²) in [5.74, 6) is 6.22. The zero-order chi connectivity index (χ0) is 17.8. The second-order valence-electron chi connectivity index (χ2n) is 11.0. The van der Waals surface area contributed by atoms with Crippen molar-refractivity contribution in [3.63, 3.8) is 0 Å². The summed E-state index contributed by atoms with van der Waals surface area (Å²) < 4.78 is 0.965. The highest BCUT2D eigenvalue weighted by Crippen LogP contribution is 2.68. The molecule has 7 unspecified atom stereocenters. The fourth-order valence-electron chi connectivity index (χ4n) is 8.84. The maximum Gasteiger partial charge on any atom is 0.0113 e. The van der Waals surface area contributed by atoms with Crippen LogP contribution in [-0.2, 0) is 0 Å². The normalized spacial score (nSPS) is 53.6. The maximum atomic E-state index is 2.74. The SMILES string of the molecule is CCC[C@H](C)C1CCC2C3CCC4C[C@@H](I)CCC4(C)C3CCC21C. The van der Waals surface area contributed by atoms with Gasteiger partial charge in [-0.05, 0) is 104 Å². The molecule has 4 saturated carbocycles. The Labute approximate surface area is 170 Å². The van der Waals surface area contributed by atoms with Gasteiger partial charge in [0.1, 0.15) is 0 Å². The molecule has 25 heavy (non-hydrogen) atoms. The van der Waals surface area contributed by atoms with Gasteiger partial charge in [-0.3, -0.25) is 0 Å². The van der Waals surface area contributed by atoms with Crippen LogP contribution in [0.2, 0.25) is 0 Å². The molecule has 0 aromatic carbocycles. The lowest BCUT2D eigenvalue weighted by Gasteiger charge is -2.61. The van der Waals surface area contributed by atoms with E-state index in [2.05, 4.69) is 50.3 Å². The van der Waals surface area contributed by atoms with Gasteiger partial charge in [-0.1, -0.05) is 63.1 Å². The van der Waals surface area contributed by atoms with Crippen LogP contribution in [0.15, 0.2) is 0 Å². The van der Waals surface area contributed by atoms with Crippen molar-refractivity contribution >= 4 is 22.6 Å². The van der Waals surface area contributed by atoms with E-state index >= 15 is 0 Å². The van der Waals surface area contributed by atoms with Crippen molar-refractivity contribution in [2.24, 2.45) is 46.3 Å². The molecular weight excluding hydrogens is 415 g/mol. The Morgan fingerprint density at radius 2 is 1.64 bits per heavy atom. The third-order valence-corrected chi connectivity index (χ3v) is 11.2. The molecule has 0 heterocycles. The predicted molar refractivity (Wildman–Crippen MR) is 117 cm³/mol. The van der Waals surface area contributed by atoms with E-state index in [0.29, 0.717) is 10.8 Å². The van der Waals surface area contributed by atoms with Crippen molar-refractivity contribution in [3.05, 3.63) is 0 Å². The molecular formula is C24H41I. The van der Waals surface area contributed by atoms with Crippen LogP contribution in [0.3, 0.4) is 0 Å². The highest BCUT2D eigenvalue weighted by molar-refractivity contribution is 14.1. The first-order valence-electron chi connectivity index (χ1n) is 11.5. The summed E-state index contributed by atoms with van der Waals surface area (Å²) >= 11 is 2.74. The van der Waals surface area contributed by atoms with Gasteiger partial charge in [-0.2, -0.15) is 0 Å². The van der Waals surface area contributed by atoms with Crippen LogP contribution in [0.5, 0.6) is 0 Å². The van der Waals surface area contributed by atoms with Crippen molar-refractivity contribution < 1.29 is 0 Å². The molecule has 1 heteroatoms. The zero-order valence-corrected chi connectivity index (χ0v) is 19.4. The molecule has 0 bridgehead atoms. The average Bonchev–Trinajstić information content (AvgIpc) is 2.93. The van der Waals surface area contributed by atoms with E-state index in [1.54, 1.807) is 38.5 Å². The molecule has 0 aliphatic heterocycles. The van der Waals surface area contributed by atoms with Crippen LogP contribution >= 0.6 is 22.6 Å². The molecule has 0 saturated heterocycles. The van der Waals surface area contributed by atoms with Gasteiger partial charge in [0.15, 0.2) is 0 Å². The minimum Gasteiger partial charge on any atom is -0.0826 e. The van der Waals surface area contributed by atoms with Crippen LogP contribution in [0.4, 0.5) is 0 Å². The van der Waals surface area contributed by atoms with Crippen molar-refractivity contribution in [2.45, 2.75) is 102 Å². The maximum absolute atomic E-state index is 2.74. The van der Waals surface area contributed by atoms with Gasteiger partial charge in [-0.15, -0.1) is 0 Å². The fraction of sp³-hybridized carbons (Fsp3) is 1.00. The molecule has 0 radical (unpaired) electrons. The number of rotatable bonds is 3. The lowest BCUT2D eigenvalue weighted by atomic mass is 9.44. The largest absolute Gasteiger partial charge is 0.0826 e. The van der Waals surface area contributed by atoms with Gasteiger partial charge < -0.3 is 0 Å². The van der Waals surface area contributed by atoms with E-state index in [1.807, 2.05) is 0 Å². The average molecular weight is 456 g/mol. The number of alkyl halides is 1. The van der Waals surface area contributed by atoms with E-state index in [0.717, 1.165) is 39.4 Å². The Hall–Kier alpha value is 0.730. The van der Waals surface area contributed by atoms with Gasteiger partial charge >= 0.3 is 0 Å². The van der Waals surface area contributed by atoms with Gasteiger partial charge in [0.2, 0.25) is 0 Å². The van der Waals surface area contributed by atoms with Crippen molar-refractivity contribution in [2.75, 3.05) is 0 Å². The zero-order valence-electron chi connectivity index (χ0n) is 17.2.